The molecular weight excluding hydrogens is 170 g/mol. The smallest absolute Gasteiger partial charge is 0.0184 e. The molecule has 1 spiro atoms. The summed E-state index contributed by atoms with van der Waals surface area (Å²) in [6, 6.07) is 0. The van der Waals surface area contributed by atoms with Gasteiger partial charge in [-0.05, 0) is 38.1 Å². The predicted molar refractivity (Wildman–Crippen MR) is 63.6 cm³/mol. The minimum absolute atomic E-state index is 0.579. The Morgan fingerprint density at radius 2 is 1.79 bits per heavy atom. The summed E-state index contributed by atoms with van der Waals surface area (Å²) < 4.78 is 0. The Bertz CT molecular complexity index is 142. The van der Waals surface area contributed by atoms with Gasteiger partial charge in [-0.25, -0.2) is 0 Å². The predicted octanol–water partition coefficient (Wildman–Crippen LogP) is 3.74. The molecule has 1 heteroatoms. The van der Waals surface area contributed by atoms with Crippen LogP contribution in [0.3, 0.4) is 0 Å². The van der Waals surface area contributed by atoms with Crippen LogP contribution in [0.15, 0.2) is 0 Å². The Labute approximate surface area is 89.7 Å². The minimum Gasteiger partial charge on any atom is -0.311 e. The molecule has 0 aromatic heterocycles. The maximum atomic E-state index is 3.76. The van der Waals surface area contributed by atoms with E-state index in [1.165, 1.54) is 51.5 Å². The molecule has 1 N–H and O–H groups in total. The van der Waals surface area contributed by atoms with Crippen LogP contribution in [0.1, 0.15) is 65.7 Å². The summed E-state index contributed by atoms with van der Waals surface area (Å²) in [6.45, 7) is 7.68. The van der Waals surface area contributed by atoms with Gasteiger partial charge < -0.3 is 5.32 Å². The van der Waals surface area contributed by atoms with Gasteiger partial charge in [-0.15, -0.1) is 0 Å². The lowest BCUT2D eigenvalue weighted by molar-refractivity contribution is 0.150. The van der Waals surface area contributed by atoms with Gasteiger partial charge in [-0.1, -0.05) is 40.0 Å². The topological polar surface area (TPSA) is 12.0 Å². The van der Waals surface area contributed by atoms with Gasteiger partial charge in [0.15, 0.2) is 0 Å². The van der Waals surface area contributed by atoms with E-state index in [0.717, 1.165) is 5.92 Å². The standard InChI is InChI=1S/C11H21N.C2H6/c1-10-5-4-7-11(9-10)6-2-3-8-12-11;1-2/h10,12H,2-9H2,1H3;1-2H3. The molecule has 1 heterocycles. The van der Waals surface area contributed by atoms with E-state index in [-0.39, 0.29) is 0 Å². The van der Waals surface area contributed by atoms with Crippen LogP contribution in [0.25, 0.3) is 0 Å². The summed E-state index contributed by atoms with van der Waals surface area (Å²) in [5.74, 6) is 0.962. The maximum Gasteiger partial charge on any atom is 0.0184 e. The average Bonchev–Trinajstić information content (AvgIpc) is 2.21. The molecule has 2 aliphatic rings. The third-order valence-electron chi connectivity index (χ3n) is 3.67. The first kappa shape index (κ1) is 12.0. The molecule has 0 aromatic carbocycles. The van der Waals surface area contributed by atoms with Crippen LogP contribution in [0.5, 0.6) is 0 Å². The molecule has 14 heavy (non-hydrogen) atoms. The van der Waals surface area contributed by atoms with Crippen molar-refractivity contribution < 1.29 is 0 Å². The molecule has 2 unspecified atom stereocenters. The highest BCUT2D eigenvalue weighted by molar-refractivity contribution is 4.94. The van der Waals surface area contributed by atoms with Crippen LogP contribution >= 0.6 is 0 Å². The normalized spacial score (nSPS) is 37.5. The molecule has 1 aliphatic carbocycles. The van der Waals surface area contributed by atoms with Crippen molar-refractivity contribution in [2.75, 3.05) is 6.54 Å². The number of piperidine rings is 1. The summed E-state index contributed by atoms with van der Waals surface area (Å²) >= 11 is 0. The fourth-order valence-electron chi connectivity index (χ4n) is 3.08. The van der Waals surface area contributed by atoms with E-state index in [2.05, 4.69) is 12.2 Å². The first-order chi connectivity index (χ1) is 6.81. The van der Waals surface area contributed by atoms with E-state index < -0.39 is 0 Å². The first-order valence-corrected chi connectivity index (χ1v) is 6.56. The van der Waals surface area contributed by atoms with Gasteiger partial charge in [-0.3, -0.25) is 0 Å². The minimum atomic E-state index is 0.579. The molecule has 2 rings (SSSR count). The molecule has 1 saturated carbocycles. The van der Waals surface area contributed by atoms with E-state index in [4.69, 9.17) is 0 Å². The molecule has 2 fully saturated rings. The zero-order valence-electron chi connectivity index (χ0n) is 10.2. The van der Waals surface area contributed by atoms with Crippen molar-refractivity contribution in [1.29, 1.82) is 0 Å². The van der Waals surface area contributed by atoms with Crippen LogP contribution < -0.4 is 5.32 Å². The molecule has 2 atom stereocenters. The monoisotopic (exact) mass is 197 g/mol. The van der Waals surface area contributed by atoms with Gasteiger partial charge in [0.1, 0.15) is 0 Å². The second kappa shape index (κ2) is 5.75. The van der Waals surface area contributed by atoms with Crippen molar-refractivity contribution >= 4 is 0 Å². The van der Waals surface area contributed by atoms with E-state index >= 15 is 0 Å². The average molecular weight is 197 g/mol. The van der Waals surface area contributed by atoms with Crippen LogP contribution in [0.4, 0.5) is 0 Å². The molecule has 1 saturated heterocycles. The SMILES string of the molecule is CC.CC1CCCC2(CCCCN2)C1. The lowest BCUT2D eigenvalue weighted by atomic mass is 9.72. The molecule has 0 bridgehead atoms. The van der Waals surface area contributed by atoms with Gasteiger partial charge in [0.2, 0.25) is 0 Å². The fraction of sp³-hybridized carbons (Fsp3) is 1.00. The quantitative estimate of drug-likeness (QED) is 0.624. The number of hydrogen-bond donors (Lipinski definition) is 1. The Balaban J connectivity index is 0.000000461. The van der Waals surface area contributed by atoms with Crippen LogP contribution in [-0.4, -0.2) is 12.1 Å². The summed E-state index contributed by atoms with van der Waals surface area (Å²) in [5.41, 5.74) is 0.579. The highest BCUT2D eigenvalue weighted by Gasteiger charge is 2.35. The zero-order chi connectivity index (χ0) is 10.4. The van der Waals surface area contributed by atoms with E-state index in [1.807, 2.05) is 13.8 Å². The highest BCUT2D eigenvalue weighted by Crippen LogP contribution is 2.37. The van der Waals surface area contributed by atoms with E-state index in [0.29, 0.717) is 5.54 Å². The van der Waals surface area contributed by atoms with Gasteiger partial charge in [0.25, 0.3) is 0 Å². The van der Waals surface area contributed by atoms with Gasteiger partial charge in [0.05, 0.1) is 0 Å². The number of rotatable bonds is 0. The third-order valence-corrected chi connectivity index (χ3v) is 3.67. The second-order valence-electron chi connectivity index (χ2n) is 4.87. The lowest BCUT2D eigenvalue weighted by Crippen LogP contribution is -2.51. The van der Waals surface area contributed by atoms with Crippen molar-refractivity contribution in [2.24, 2.45) is 5.92 Å². The molecule has 0 radical (unpaired) electrons. The van der Waals surface area contributed by atoms with Crippen molar-refractivity contribution in [3.05, 3.63) is 0 Å². The van der Waals surface area contributed by atoms with Gasteiger partial charge in [0, 0.05) is 5.54 Å². The molecular formula is C13H27N. The van der Waals surface area contributed by atoms with Crippen LogP contribution in [0.2, 0.25) is 0 Å². The zero-order valence-corrected chi connectivity index (χ0v) is 10.2. The van der Waals surface area contributed by atoms with Crippen LogP contribution in [-0.2, 0) is 0 Å². The maximum absolute atomic E-state index is 3.76. The van der Waals surface area contributed by atoms with Crippen LogP contribution in [0, 0.1) is 5.92 Å². The first-order valence-electron chi connectivity index (χ1n) is 6.56. The largest absolute Gasteiger partial charge is 0.311 e. The third kappa shape index (κ3) is 2.98. The molecule has 0 aromatic rings. The Kier molecular flexibility index (Phi) is 4.94. The number of hydrogen-bond acceptors (Lipinski definition) is 1. The highest BCUT2D eigenvalue weighted by atomic mass is 15.0. The van der Waals surface area contributed by atoms with Crippen molar-refractivity contribution in [1.82, 2.24) is 5.32 Å². The van der Waals surface area contributed by atoms with Gasteiger partial charge >= 0.3 is 0 Å². The Morgan fingerprint density at radius 3 is 2.36 bits per heavy atom. The van der Waals surface area contributed by atoms with E-state index in [1.54, 1.807) is 0 Å². The fourth-order valence-corrected chi connectivity index (χ4v) is 3.08. The second-order valence-corrected chi connectivity index (χ2v) is 4.87. The Morgan fingerprint density at radius 1 is 1.07 bits per heavy atom. The van der Waals surface area contributed by atoms with E-state index in [9.17, 15) is 0 Å². The number of nitrogens with one attached hydrogen (secondary N) is 1. The molecule has 1 aliphatic heterocycles. The summed E-state index contributed by atoms with van der Waals surface area (Å²) in [6.07, 6.45) is 10.1. The van der Waals surface area contributed by atoms with Crippen molar-refractivity contribution in [3.63, 3.8) is 0 Å². The van der Waals surface area contributed by atoms with Gasteiger partial charge in [-0.2, -0.15) is 0 Å². The summed E-state index contributed by atoms with van der Waals surface area (Å²) in [5, 5.41) is 3.76. The molecule has 84 valence electrons. The van der Waals surface area contributed by atoms with Crippen molar-refractivity contribution in [2.45, 2.75) is 71.3 Å². The summed E-state index contributed by atoms with van der Waals surface area (Å²) in [7, 11) is 0. The van der Waals surface area contributed by atoms with Crippen molar-refractivity contribution in [3.8, 4) is 0 Å². The Hall–Kier alpha value is -0.0400. The summed E-state index contributed by atoms with van der Waals surface area (Å²) in [4.78, 5) is 0. The molecule has 0 amide bonds. The molecule has 1 nitrogen and oxygen atoms in total. The lowest BCUT2D eigenvalue weighted by Gasteiger charge is -2.43.